The minimum Gasteiger partial charge on any atom is -0.481 e. The largest absolute Gasteiger partial charge is 0.481 e. The molecule has 50 heavy (non-hydrogen) atoms. The van der Waals surface area contributed by atoms with Gasteiger partial charge in [0.25, 0.3) is 0 Å². The van der Waals surface area contributed by atoms with Gasteiger partial charge in [-0.2, -0.15) is 0 Å². The van der Waals surface area contributed by atoms with E-state index in [0.717, 1.165) is 57.8 Å². The van der Waals surface area contributed by atoms with Crippen LogP contribution >= 0.6 is 0 Å². The monoisotopic (exact) mass is 702 g/mol. The summed E-state index contributed by atoms with van der Waals surface area (Å²) in [4.78, 5) is 24.2. The fourth-order valence-corrected chi connectivity index (χ4v) is 12.1. The Hall–Kier alpha value is -1.14. The van der Waals surface area contributed by atoms with Gasteiger partial charge in [-0.3, -0.25) is 9.59 Å². The lowest BCUT2D eigenvalue weighted by Crippen LogP contribution is -2.63. The molecule has 6 nitrogen and oxygen atoms in total. The van der Waals surface area contributed by atoms with Gasteiger partial charge in [0.15, 0.2) is 0 Å². The summed E-state index contributed by atoms with van der Waals surface area (Å²) in [7, 11) is 0. The number of carboxylic acid groups (broad SMARTS) is 1. The molecule has 0 radical (unpaired) electrons. The van der Waals surface area contributed by atoms with Crippen LogP contribution in [0.3, 0.4) is 0 Å². The van der Waals surface area contributed by atoms with Gasteiger partial charge in [-0.05, 0) is 104 Å². The summed E-state index contributed by atoms with van der Waals surface area (Å²) in [6, 6.07) is 0.194. The highest BCUT2D eigenvalue weighted by Crippen LogP contribution is 2.68. The molecule has 4 N–H and O–H groups in total. The molecule has 0 bridgehead atoms. The van der Waals surface area contributed by atoms with Crippen molar-refractivity contribution >= 4 is 11.9 Å². The van der Waals surface area contributed by atoms with E-state index in [1.165, 1.54) is 96.3 Å². The summed E-state index contributed by atoms with van der Waals surface area (Å²) in [5.41, 5.74) is -0.186. The van der Waals surface area contributed by atoms with E-state index in [1.54, 1.807) is 0 Å². The molecule has 0 aliphatic heterocycles. The van der Waals surface area contributed by atoms with E-state index in [0.29, 0.717) is 30.6 Å². The maximum Gasteiger partial charge on any atom is 0.303 e. The average Bonchev–Trinajstić information content (AvgIpc) is 3.44. The molecule has 6 heteroatoms. The summed E-state index contributed by atoms with van der Waals surface area (Å²) < 4.78 is 0. The molecule has 0 heterocycles. The molecule has 0 aromatic rings. The van der Waals surface area contributed by atoms with Gasteiger partial charge < -0.3 is 20.6 Å². The van der Waals surface area contributed by atoms with Crippen molar-refractivity contribution in [3.05, 3.63) is 0 Å². The second kappa shape index (κ2) is 20.4. The Kier molecular flexibility index (Phi) is 16.9. The minimum absolute atomic E-state index is 0.0774. The van der Waals surface area contributed by atoms with Crippen LogP contribution in [0.2, 0.25) is 0 Å². The molecule has 0 aromatic heterocycles. The molecule has 4 rings (SSSR count). The van der Waals surface area contributed by atoms with Crippen LogP contribution in [0.1, 0.15) is 201 Å². The van der Waals surface area contributed by atoms with Crippen molar-refractivity contribution in [2.24, 2.45) is 46.3 Å². The highest BCUT2D eigenvalue weighted by Gasteiger charge is 2.65. The first-order chi connectivity index (χ1) is 24.0. The zero-order chi connectivity index (χ0) is 36.1. The number of carbonyl (C=O) groups is 2. The Morgan fingerprint density at radius 3 is 1.84 bits per heavy atom. The first-order valence-corrected chi connectivity index (χ1v) is 21.9. The van der Waals surface area contributed by atoms with Gasteiger partial charge in [0.05, 0.1) is 12.2 Å². The summed E-state index contributed by atoms with van der Waals surface area (Å²) >= 11 is 0. The smallest absolute Gasteiger partial charge is 0.303 e. The predicted molar refractivity (Wildman–Crippen MR) is 205 cm³/mol. The Morgan fingerprint density at radius 1 is 0.720 bits per heavy atom. The number of amides is 1. The van der Waals surface area contributed by atoms with Crippen molar-refractivity contribution < 1.29 is 24.9 Å². The van der Waals surface area contributed by atoms with Gasteiger partial charge in [-0.25, -0.2) is 0 Å². The number of rotatable bonds is 23. The Morgan fingerprint density at radius 2 is 1.28 bits per heavy atom. The molecule has 4 fully saturated rings. The summed E-state index contributed by atoms with van der Waals surface area (Å²) in [5, 5.41) is 36.2. The zero-order valence-electron chi connectivity index (χ0n) is 32.9. The molecule has 4 aliphatic carbocycles. The topological polar surface area (TPSA) is 107 Å². The van der Waals surface area contributed by atoms with Crippen molar-refractivity contribution in [3.8, 4) is 0 Å². The number of carboxylic acids is 1. The van der Waals surface area contributed by atoms with Crippen molar-refractivity contribution in [1.29, 1.82) is 0 Å². The fraction of sp³-hybridized carbons (Fsp3) is 0.955. The summed E-state index contributed by atoms with van der Waals surface area (Å²) in [6.07, 6.45) is 30.1. The number of aliphatic hydroxyl groups is 2. The fourth-order valence-electron chi connectivity index (χ4n) is 12.1. The number of aliphatic hydroxyl groups excluding tert-OH is 2. The quantitative estimate of drug-likeness (QED) is 0.0794. The third kappa shape index (κ3) is 10.7. The van der Waals surface area contributed by atoms with Gasteiger partial charge in [0, 0.05) is 18.9 Å². The number of aliphatic carboxylic acids is 1. The molecule has 4 aliphatic rings. The van der Waals surface area contributed by atoms with Gasteiger partial charge >= 0.3 is 5.97 Å². The second-order valence-electron chi connectivity index (χ2n) is 18.5. The molecule has 4 saturated carbocycles. The van der Waals surface area contributed by atoms with Crippen LogP contribution in [0.4, 0.5) is 0 Å². The Balaban J connectivity index is 1.10. The summed E-state index contributed by atoms with van der Waals surface area (Å²) in [6.45, 7) is 9.13. The lowest BCUT2D eigenvalue weighted by molar-refractivity contribution is -0.202. The van der Waals surface area contributed by atoms with Gasteiger partial charge in [0.1, 0.15) is 0 Å². The first-order valence-electron chi connectivity index (χ1n) is 21.9. The number of unbranched alkanes of at least 4 members (excludes halogenated alkanes) is 16. The third-order valence-corrected chi connectivity index (χ3v) is 15.2. The standard InChI is InChI=1S/C44H79NO5/c1-5-6-7-8-9-10-11-12-13-14-15-16-17-18-19-20-21-22-40(48)45-34-27-28-43(3)33(29-34)30-38(46)42-36-25-24-35(32(2)23-26-41(49)50)44(36,4)39(47)31-37(42)43/h32-39,42,46-47H,5-31H2,1-4H3,(H,45,48)(H,49,50)/t32-,33+,34+,35-,36?,37?,38-,39+,42+,43-,44-/m1/s1. The maximum atomic E-state index is 13.0. The van der Waals surface area contributed by atoms with Crippen molar-refractivity contribution in [1.82, 2.24) is 5.32 Å². The second-order valence-corrected chi connectivity index (χ2v) is 18.5. The van der Waals surface area contributed by atoms with E-state index in [1.807, 2.05) is 0 Å². The van der Waals surface area contributed by atoms with Gasteiger partial charge in [0.2, 0.25) is 5.91 Å². The molecule has 0 saturated heterocycles. The van der Waals surface area contributed by atoms with E-state index in [-0.39, 0.29) is 53.1 Å². The van der Waals surface area contributed by atoms with Gasteiger partial charge in [-0.15, -0.1) is 0 Å². The van der Waals surface area contributed by atoms with E-state index < -0.39 is 12.1 Å². The number of hydrogen-bond donors (Lipinski definition) is 4. The SMILES string of the molecule is CCCCCCCCCCCCCCCCCCCC(=O)N[C@H]1CC[C@@]2(C)C3C[C@H](O)[C@@]4(C)C(CC[C@@H]4[C@H](C)CCC(=O)O)[C@@H]3[C@H](O)C[C@@H]2C1. The van der Waals surface area contributed by atoms with Crippen LogP contribution in [-0.4, -0.2) is 45.4 Å². The minimum atomic E-state index is -0.746. The van der Waals surface area contributed by atoms with Crippen LogP contribution in [0, 0.1) is 46.3 Å². The Labute approximate surface area is 307 Å². The first kappa shape index (κ1) is 41.6. The lowest BCUT2D eigenvalue weighted by atomic mass is 9.43. The maximum absolute atomic E-state index is 13.0. The van der Waals surface area contributed by atoms with Crippen LogP contribution < -0.4 is 5.32 Å². The van der Waals surface area contributed by atoms with E-state index in [2.05, 4.69) is 33.0 Å². The molecule has 0 spiro atoms. The van der Waals surface area contributed by atoms with Crippen LogP contribution in [-0.2, 0) is 9.59 Å². The number of carbonyl (C=O) groups excluding carboxylic acids is 1. The number of hydrogen-bond acceptors (Lipinski definition) is 4. The highest BCUT2D eigenvalue weighted by atomic mass is 16.4. The van der Waals surface area contributed by atoms with Gasteiger partial charge in [-0.1, -0.05) is 130 Å². The number of fused-ring (bicyclic) bond motifs is 5. The zero-order valence-corrected chi connectivity index (χ0v) is 32.9. The third-order valence-electron chi connectivity index (χ3n) is 15.2. The van der Waals surface area contributed by atoms with E-state index >= 15 is 0 Å². The molecule has 2 unspecified atom stereocenters. The molecule has 0 aromatic carbocycles. The number of nitrogens with one attached hydrogen (secondary N) is 1. The summed E-state index contributed by atoms with van der Waals surface area (Å²) in [5.74, 6) is 1.14. The van der Waals surface area contributed by atoms with Crippen LogP contribution in [0.5, 0.6) is 0 Å². The van der Waals surface area contributed by atoms with Crippen molar-refractivity contribution in [2.45, 2.75) is 219 Å². The molecule has 11 atom stereocenters. The Bertz CT molecular complexity index is 1020. The molecule has 1 amide bonds. The molecule has 290 valence electrons. The lowest BCUT2D eigenvalue weighted by Gasteiger charge is -2.63. The average molecular weight is 702 g/mol. The van der Waals surface area contributed by atoms with Crippen LogP contribution in [0.25, 0.3) is 0 Å². The van der Waals surface area contributed by atoms with Crippen molar-refractivity contribution in [3.63, 3.8) is 0 Å². The molecular weight excluding hydrogens is 622 g/mol. The predicted octanol–water partition coefficient (Wildman–Crippen LogP) is 10.6. The van der Waals surface area contributed by atoms with E-state index in [9.17, 15) is 24.9 Å². The highest BCUT2D eigenvalue weighted by molar-refractivity contribution is 5.76. The van der Waals surface area contributed by atoms with Crippen molar-refractivity contribution in [2.75, 3.05) is 0 Å². The normalized spacial score (nSPS) is 35.6. The molecular formula is C44H79NO5. The van der Waals surface area contributed by atoms with Crippen LogP contribution in [0.15, 0.2) is 0 Å². The van der Waals surface area contributed by atoms with E-state index in [4.69, 9.17) is 0 Å².